The van der Waals surface area contributed by atoms with E-state index in [1.807, 2.05) is 22.2 Å². The summed E-state index contributed by atoms with van der Waals surface area (Å²) >= 11 is 0. The Balaban J connectivity index is 1.15. The molecule has 3 saturated carbocycles. The van der Waals surface area contributed by atoms with Gasteiger partial charge in [-0.25, -0.2) is 0 Å². The molecule has 3 fully saturated rings. The van der Waals surface area contributed by atoms with E-state index in [9.17, 15) is 9.59 Å². The molecule has 8 heteroatoms. The van der Waals surface area contributed by atoms with Gasteiger partial charge in [0.15, 0.2) is 0 Å². The summed E-state index contributed by atoms with van der Waals surface area (Å²) in [5.41, 5.74) is 4.09. The molecular formula is C22H28N6O2. The fraction of sp³-hybridized carbons (Fsp3) is 0.636. The third kappa shape index (κ3) is 2.58. The number of aromatic nitrogens is 4. The minimum atomic E-state index is -0.261. The minimum absolute atomic E-state index is 0.261. The zero-order valence-corrected chi connectivity index (χ0v) is 17.2. The van der Waals surface area contributed by atoms with Crippen LogP contribution in [0.4, 0.5) is 0 Å². The number of H-pyrrole nitrogens is 2. The highest BCUT2D eigenvalue weighted by Gasteiger charge is 2.57. The molecule has 2 aromatic heterocycles. The molecule has 3 aliphatic carbocycles. The van der Waals surface area contributed by atoms with Crippen LogP contribution in [0.15, 0.2) is 12.4 Å². The summed E-state index contributed by atoms with van der Waals surface area (Å²) in [4.78, 5) is 31.1. The van der Waals surface area contributed by atoms with Crippen molar-refractivity contribution in [2.24, 2.45) is 10.8 Å². The number of aromatic amines is 2. The predicted octanol–water partition coefficient (Wildman–Crippen LogP) is 1.94. The minimum Gasteiger partial charge on any atom is -0.337 e. The van der Waals surface area contributed by atoms with Gasteiger partial charge in [-0.3, -0.25) is 19.8 Å². The van der Waals surface area contributed by atoms with Crippen LogP contribution in [-0.2, 0) is 35.5 Å². The Bertz CT molecular complexity index is 902. The van der Waals surface area contributed by atoms with Crippen molar-refractivity contribution in [2.45, 2.75) is 64.5 Å². The number of rotatable bonds is 2. The van der Waals surface area contributed by atoms with Gasteiger partial charge in [0.1, 0.15) is 0 Å². The molecule has 2 aliphatic heterocycles. The van der Waals surface area contributed by atoms with Crippen LogP contribution >= 0.6 is 0 Å². The number of hydrogen-bond donors (Lipinski definition) is 2. The monoisotopic (exact) mass is 408 g/mol. The molecule has 0 unspecified atom stereocenters. The summed E-state index contributed by atoms with van der Waals surface area (Å²) in [6.45, 7) is 2.86. The van der Waals surface area contributed by atoms with Gasteiger partial charge in [-0.2, -0.15) is 10.2 Å². The van der Waals surface area contributed by atoms with Crippen molar-refractivity contribution < 1.29 is 9.59 Å². The number of hydrogen-bond acceptors (Lipinski definition) is 4. The number of nitrogens with one attached hydrogen (secondary N) is 2. The van der Waals surface area contributed by atoms with Gasteiger partial charge in [-0.05, 0) is 38.5 Å². The van der Waals surface area contributed by atoms with Crippen molar-refractivity contribution in [2.75, 3.05) is 13.1 Å². The topological polar surface area (TPSA) is 98.0 Å². The Morgan fingerprint density at radius 1 is 0.733 bits per heavy atom. The van der Waals surface area contributed by atoms with E-state index in [2.05, 4.69) is 20.4 Å². The Morgan fingerprint density at radius 3 is 1.53 bits per heavy atom. The summed E-state index contributed by atoms with van der Waals surface area (Å²) in [5.74, 6) is 0.604. The van der Waals surface area contributed by atoms with Gasteiger partial charge < -0.3 is 9.80 Å². The van der Waals surface area contributed by atoms with E-state index in [0.29, 0.717) is 24.9 Å². The lowest BCUT2D eigenvalue weighted by Gasteiger charge is -2.54. The van der Waals surface area contributed by atoms with Crippen LogP contribution in [0.25, 0.3) is 0 Å². The average Bonchev–Trinajstić information content (AvgIpc) is 3.47. The smallest absolute Gasteiger partial charge is 0.229 e. The second-order valence-electron chi connectivity index (χ2n) is 9.76. The summed E-state index contributed by atoms with van der Waals surface area (Å²) in [5, 5.41) is 14.3. The van der Waals surface area contributed by atoms with Crippen molar-refractivity contribution in [1.82, 2.24) is 30.2 Å². The van der Waals surface area contributed by atoms with Gasteiger partial charge in [0, 0.05) is 72.4 Å². The lowest BCUT2D eigenvalue weighted by molar-refractivity contribution is -0.164. The molecule has 0 spiro atoms. The molecule has 4 heterocycles. The Kier molecular flexibility index (Phi) is 3.89. The van der Waals surface area contributed by atoms with Crippen molar-refractivity contribution in [3.63, 3.8) is 0 Å². The van der Waals surface area contributed by atoms with Gasteiger partial charge in [-0.15, -0.1) is 0 Å². The average molecular weight is 409 g/mol. The summed E-state index contributed by atoms with van der Waals surface area (Å²) in [6.07, 6.45) is 10.5. The normalized spacial score (nSPS) is 30.1. The third-order valence-electron chi connectivity index (χ3n) is 8.33. The predicted molar refractivity (Wildman–Crippen MR) is 108 cm³/mol. The first-order chi connectivity index (χ1) is 14.6. The number of fused-ring (bicyclic) bond motifs is 5. The molecule has 30 heavy (non-hydrogen) atoms. The van der Waals surface area contributed by atoms with E-state index in [0.717, 1.165) is 87.0 Å². The maximum atomic E-state index is 13.5. The van der Waals surface area contributed by atoms with Crippen molar-refractivity contribution in [1.29, 1.82) is 0 Å². The maximum Gasteiger partial charge on any atom is 0.229 e. The molecule has 0 aromatic carbocycles. The largest absolute Gasteiger partial charge is 0.337 e. The zero-order chi connectivity index (χ0) is 20.3. The lowest BCUT2D eigenvalue weighted by Crippen LogP contribution is -2.56. The Labute approximate surface area is 175 Å². The molecular weight excluding hydrogens is 380 g/mol. The van der Waals surface area contributed by atoms with E-state index < -0.39 is 0 Å². The highest BCUT2D eigenvalue weighted by molar-refractivity contribution is 5.87. The molecule has 2 aromatic rings. The molecule has 8 nitrogen and oxygen atoms in total. The van der Waals surface area contributed by atoms with Crippen LogP contribution < -0.4 is 0 Å². The summed E-state index contributed by atoms with van der Waals surface area (Å²) in [7, 11) is 0. The fourth-order valence-corrected chi connectivity index (χ4v) is 6.29. The van der Waals surface area contributed by atoms with Crippen LogP contribution in [-0.4, -0.2) is 55.1 Å². The van der Waals surface area contributed by atoms with E-state index in [4.69, 9.17) is 0 Å². The Morgan fingerprint density at radius 2 is 1.13 bits per heavy atom. The van der Waals surface area contributed by atoms with Crippen molar-refractivity contribution in [3.8, 4) is 0 Å². The van der Waals surface area contributed by atoms with Gasteiger partial charge in [0.2, 0.25) is 11.8 Å². The molecule has 2 bridgehead atoms. The first kappa shape index (κ1) is 18.2. The number of carbonyl (C=O) groups excluding carboxylic acids is 2. The van der Waals surface area contributed by atoms with E-state index in [1.165, 1.54) is 0 Å². The number of carbonyl (C=O) groups is 2. The third-order valence-corrected chi connectivity index (χ3v) is 8.33. The van der Waals surface area contributed by atoms with E-state index in [-0.39, 0.29) is 10.8 Å². The molecule has 158 valence electrons. The standard InChI is InChI=1S/C22H28N6O2/c29-19(27-9-1-17-15(13-27)11-23-25-17)21-3-6-22(7-4-21,8-5-21)20(30)28-10-2-18-16(14-28)12-24-26-18/h11-12H,1-10,13-14H2,(H,23,25)(H,24,26). The molecule has 5 aliphatic rings. The molecule has 0 saturated heterocycles. The number of nitrogens with zero attached hydrogens (tertiary/aromatic N) is 4. The molecule has 7 rings (SSSR count). The van der Waals surface area contributed by atoms with Crippen LogP contribution in [0.5, 0.6) is 0 Å². The second-order valence-corrected chi connectivity index (χ2v) is 9.76. The van der Waals surface area contributed by atoms with Gasteiger partial charge in [0.05, 0.1) is 12.4 Å². The molecule has 0 radical (unpaired) electrons. The number of amides is 2. The highest BCUT2D eigenvalue weighted by Crippen LogP contribution is 2.58. The first-order valence-corrected chi connectivity index (χ1v) is 11.2. The summed E-state index contributed by atoms with van der Waals surface area (Å²) < 4.78 is 0. The van der Waals surface area contributed by atoms with Crippen LogP contribution in [0.3, 0.4) is 0 Å². The van der Waals surface area contributed by atoms with E-state index >= 15 is 0 Å². The lowest BCUT2D eigenvalue weighted by atomic mass is 9.52. The Hall–Kier alpha value is -2.64. The van der Waals surface area contributed by atoms with Crippen molar-refractivity contribution in [3.05, 3.63) is 34.9 Å². The second kappa shape index (κ2) is 6.43. The zero-order valence-electron chi connectivity index (χ0n) is 17.2. The van der Waals surface area contributed by atoms with Crippen LogP contribution in [0.1, 0.15) is 61.0 Å². The van der Waals surface area contributed by atoms with E-state index in [1.54, 1.807) is 0 Å². The van der Waals surface area contributed by atoms with Crippen LogP contribution in [0, 0.1) is 10.8 Å². The highest BCUT2D eigenvalue weighted by atomic mass is 16.2. The van der Waals surface area contributed by atoms with Gasteiger partial charge in [0.25, 0.3) is 0 Å². The van der Waals surface area contributed by atoms with Gasteiger partial charge in [-0.1, -0.05) is 0 Å². The molecule has 0 atom stereocenters. The van der Waals surface area contributed by atoms with Crippen LogP contribution in [0.2, 0.25) is 0 Å². The molecule has 2 amide bonds. The quantitative estimate of drug-likeness (QED) is 0.793. The first-order valence-electron chi connectivity index (χ1n) is 11.2. The van der Waals surface area contributed by atoms with Crippen molar-refractivity contribution >= 4 is 11.8 Å². The molecule has 2 N–H and O–H groups in total. The SMILES string of the molecule is O=C(N1CCc2[nH]ncc2C1)C12CCC(C(=O)N3CCc4[nH]ncc4C3)(CC1)CC2. The fourth-order valence-electron chi connectivity index (χ4n) is 6.29. The van der Waals surface area contributed by atoms with Gasteiger partial charge >= 0.3 is 0 Å². The maximum absolute atomic E-state index is 13.5. The summed E-state index contributed by atoms with van der Waals surface area (Å²) in [6, 6.07) is 0.